The number of nitrogens with zero attached hydrogens (tertiary/aromatic N) is 4. The Morgan fingerprint density at radius 1 is 1.17 bits per heavy atom. The van der Waals surface area contributed by atoms with Crippen LogP contribution in [0.3, 0.4) is 0 Å². The molecule has 0 saturated carbocycles. The number of imidazole rings is 1. The molecule has 5 atom stereocenters. The molecule has 2 saturated heterocycles. The van der Waals surface area contributed by atoms with Crippen molar-refractivity contribution in [3.8, 4) is 6.07 Å². The molecule has 7 nitrogen and oxygen atoms in total. The van der Waals surface area contributed by atoms with Crippen LogP contribution in [-0.2, 0) is 4.74 Å². The molecule has 1 aromatic heterocycles. The molecule has 36 heavy (non-hydrogen) atoms. The molecule has 0 spiro atoms. The smallest absolute Gasteiger partial charge is 0.207 e. The maximum absolute atomic E-state index is 9.04. The highest BCUT2D eigenvalue weighted by Gasteiger charge is 2.38. The molecule has 0 aliphatic carbocycles. The van der Waals surface area contributed by atoms with Gasteiger partial charge >= 0.3 is 0 Å². The number of anilines is 1. The van der Waals surface area contributed by atoms with E-state index in [1.165, 1.54) is 18.4 Å². The predicted octanol–water partition coefficient (Wildman–Crippen LogP) is 5.51. The number of halogens is 1. The number of para-hydroxylation sites is 2. The van der Waals surface area contributed by atoms with E-state index in [1.54, 1.807) is 0 Å². The quantitative estimate of drug-likeness (QED) is 0.419. The molecule has 2 aliphatic rings. The third-order valence-corrected chi connectivity index (χ3v) is 8.05. The van der Waals surface area contributed by atoms with Crippen LogP contribution in [0.2, 0.25) is 5.02 Å². The van der Waals surface area contributed by atoms with E-state index in [0.29, 0.717) is 18.0 Å². The first-order valence-corrected chi connectivity index (χ1v) is 13.4. The van der Waals surface area contributed by atoms with Crippen molar-refractivity contribution < 1.29 is 4.74 Å². The number of piperidine rings is 1. The van der Waals surface area contributed by atoms with E-state index in [-0.39, 0.29) is 19.0 Å². The highest BCUT2D eigenvalue weighted by molar-refractivity contribution is 6.30. The van der Waals surface area contributed by atoms with Crippen LogP contribution in [0.25, 0.3) is 11.0 Å². The van der Waals surface area contributed by atoms with Crippen LogP contribution >= 0.6 is 11.6 Å². The highest BCUT2D eigenvalue weighted by atomic mass is 35.5. The first-order chi connectivity index (χ1) is 17.6. The zero-order chi connectivity index (χ0) is 25.1. The number of hydrogen-bond donors (Lipinski definition) is 2. The number of likely N-dealkylation sites (tertiary alicyclic amines) is 1. The number of aromatic nitrogens is 2. The molecule has 8 heteroatoms. The minimum absolute atomic E-state index is 0.0408. The van der Waals surface area contributed by atoms with Gasteiger partial charge in [0.05, 0.1) is 23.3 Å². The van der Waals surface area contributed by atoms with Crippen LogP contribution in [0.4, 0.5) is 5.95 Å². The molecule has 5 unspecified atom stereocenters. The Hall–Kier alpha value is -2.63. The lowest BCUT2D eigenvalue weighted by Crippen LogP contribution is -2.56. The molecule has 190 valence electrons. The topological polar surface area (TPSA) is 78.1 Å². The van der Waals surface area contributed by atoms with Crippen molar-refractivity contribution in [1.82, 2.24) is 19.8 Å². The van der Waals surface area contributed by atoms with E-state index in [0.717, 1.165) is 47.9 Å². The van der Waals surface area contributed by atoms with Crippen molar-refractivity contribution in [3.63, 3.8) is 0 Å². The SMILES string of the molecule is CC(C1NCCC1c1ccc(Cl)cc1)N1CCCCC1Nc1nc2ccccc2n1C(C)OCC#N. The van der Waals surface area contributed by atoms with Gasteiger partial charge in [0.25, 0.3) is 0 Å². The third-order valence-electron chi connectivity index (χ3n) is 7.80. The minimum atomic E-state index is -0.306. The molecule has 3 aromatic rings. The number of hydrogen-bond acceptors (Lipinski definition) is 6. The van der Waals surface area contributed by atoms with Crippen molar-refractivity contribution >= 4 is 28.6 Å². The number of fused-ring (bicyclic) bond motifs is 1. The van der Waals surface area contributed by atoms with Crippen LogP contribution in [0.1, 0.15) is 57.2 Å². The fourth-order valence-electron chi connectivity index (χ4n) is 6.02. The van der Waals surface area contributed by atoms with E-state index < -0.39 is 0 Å². The first-order valence-electron chi connectivity index (χ1n) is 13.0. The molecule has 2 aliphatic heterocycles. The molecule has 0 radical (unpaired) electrons. The van der Waals surface area contributed by atoms with Gasteiger partial charge in [0.15, 0.2) is 0 Å². The number of rotatable bonds is 8. The molecule has 2 N–H and O–H groups in total. The van der Waals surface area contributed by atoms with Crippen LogP contribution in [0.5, 0.6) is 0 Å². The van der Waals surface area contributed by atoms with Crippen molar-refractivity contribution in [2.24, 2.45) is 0 Å². The van der Waals surface area contributed by atoms with E-state index in [9.17, 15) is 0 Å². The minimum Gasteiger partial charge on any atom is -0.343 e. The lowest BCUT2D eigenvalue weighted by atomic mass is 9.87. The van der Waals surface area contributed by atoms with Crippen molar-refractivity contribution in [1.29, 1.82) is 5.26 Å². The summed E-state index contributed by atoms with van der Waals surface area (Å²) in [6.07, 6.45) is 4.42. The van der Waals surface area contributed by atoms with Gasteiger partial charge in [0, 0.05) is 29.6 Å². The van der Waals surface area contributed by atoms with Gasteiger partial charge in [-0.2, -0.15) is 5.26 Å². The second kappa shape index (κ2) is 11.2. The average molecular weight is 507 g/mol. The highest BCUT2D eigenvalue weighted by Crippen LogP contribution is 2.34. The monoisotopic (exact) mass is 506 g/mol. The summed E-state index contributed by atoms with van der Waals surface area (Å²) in [6.45, 7) is 6.44. The Labute approximate surface area is 218 Å². The second-order valence-electron chi connectivity index (χ2n) is 9.92. The van der Waals surface area contributed by atoms with E-state index >= 15 is 0 Å². The van der Waals surface area contributed by atoms with Crippen molar-refractivity contribution in [2.75, 3.05) is 25.0 Å². The Balaban J connectivity index is 1.40. The number of nitrogens with one attached hydrogen (secondary N) is 2. The van der Waals surface area contributed by atoms with E-state index in [1.807, 2.05) is 37.3 Å². The summed E-state index contributed by atoms with van der Waals surface area (Å²) in [4.78, 5) is 7.54. The van der Waals surface area contributed by atoms with Gasteiger partial charge in [-0.15, -0.1) is 0 Å². The molecule has 0 amide bonds. The predicted molar refractivity (Wildman–Crippen MR) is 144 cm³/mol. The molecule has 2 aromatic carbocycles. The van der Waals surface area contributed by atoms with Gasteiger partial charge in [-0.3, -0.25) is 9.47 Å². The van der Waals surface area contributed by atoms with Gasteiger partial charge in [-0.25, -0.2) is 4.98 Å². The molecule has 0 bridgehead atoms. The zero-order valence-corrected chi connectivity index (χ0v) is 21.8. The van der Waals surface area contributed by atoms with Crippen molar-refractivity contribution in [2.45, 2.75) is 69.9 Å². The van der Waals surface area contributed by atoms with Gasteiger partial charge < -0.3 is 15.4 Å². The Kier molecular flexibility index (Phi) is 7.78. The summed E-state index contributed by atoms with van der Waals surface area (Å²) in [5.41, 5.74) is 3.28. The molecular weight excluding hydrogens is 472 g/mol. The summed E-state index contributed by atoms with van der Waals surface area (Å²) in [5.74, 6) is 1.25. The summed E-state index contributed by atoms with van der Waals surface area (Å²) < 4.78 is 7.87. The van der Waals surface area contributed by atoms with E-state index in [4.69, 9.17) is 26.6 Å². The molecule has 2 fully saturated rings. The van der Waals surface area contributed by atoms with Crippen LogP contribution in [-0.4, -0.2) is 52.4 Å². The standard InChI is InChI=1S/C28H35ClN6O/c1-19(27-23(14-16-31-27)21-10-12-22(29)13-11-21)34-17-6-5-9-26(34)33-28-32-24-7-3-4-8-25(24)35(28)20(2)36-18-15-30/h3-4,7-8,10-13,19-20,23,26-27,31H,5-6,9,14,16-18H2,1-2H3,(H,32,33). The molecule has 3 heterocycles. The molecular formula is C28H35ClN6O. The summed E-state index contributed by atoms with van der Waals surface area (Å²) in [5, 5.41) is 17.4. The number of ether oxygens (including phenoxy) is 1. The Bertz CT molecular complexity index is 1200. The van der Waals surface area contributed by atoms with Gasteiger partial charge in [-0.05, 0) is 75.9 Å². The molecule has 5 rings (SSSR count). The maximum Gasteiger partial charge on any atom is 0.207 e. The number of nitriles is 1. The summed E-state index contributed by atoms with van der Waals surface area (Å²) >= 11 is 6.16. The van der Waals surface area contributed by atoms with Gasteiger partial charge in [0.2, 0.25) is 5.95 Å². The lowest BCUT2D eigenvalue weighted by Gasteiger charge is -2.43. The normalized spacial score (nSPS) is 24.4. The van der Waals surface area contributed by atoms with Crippen molar-refractivity contribution in [3.05, 3.63) is 59.1 Å². The summed E-state index contributed by atoms with van der Waals surface area (Å²) in [7, 11) is 0. The van der Waals surface area contributed by atoms with Crippen LogP contribution in [0, 0.1) is 11.3 Å². The largest absolute Gasteiger partial charge is 0.343 e. The maximum atomic E-state index is 9.04. The third kappa shape index (κ3) is 5.09. The lowest BCUT2D eigenvalue weighted by molar-refractivity contribution is 0.0409. The summed E-state index contributed by atoms with van der Waals surface area (Å²) in [6, 6.07) is 19.2. The average Bonchev–Trinajstić information content (AvgIpc) is 3.52. The van der Waals surface area contributed by atoms with Gasteiger partial charge in [0.1, 0.15) is 12.8 Å². The van der Waals surface area contributed by atoms with E-state index in [2.05, 4.69) is 51.3 Å². The first kappa shape index (κ1) is 25.0. The van der Waals surface area contributed by atoms with Crippen LogP contribution in [0.15, 0.2) is 48.5 Å². The fraction of sp³-hybridized carbons (Fsp3) is 0.500. The number of benzene rings is 2. The second-order valence-corrected chi connectivity index (χ2v) is 10.4. The Morgan fingerprint density at radius 2 is 1.97 bits per heavy atom. The Morgan fingerprint density at radius 3 is 2.78 bits per heavy atom. The van der Waals surface area contributed by atoms with Crippen LogP contribution < -0.4 is 10.6 Å². The zero-order valence-electron chi connectivity index (χ0n) is 21.0. The van der Waals surface area contributed by atoms with Gasteiger partial charge in [-0.1, -0.05) is 35.9 Å². The fourth-order valence-corrected chi connectivity index (χ4v) is 6.14.